The minimum absolute atomic E-state index is 0.0495. The van der Waals surface area contributed by atoms with Crippen LogP contribution >= 0.6 is 11.3 Å². The van der Waals surface area contributed by atoms with Crippen molar-refractivity contribution in [2.75, 3.05) is 37.0 Å². The van der Waals surface area contributed by atoms with E-state index >= 15 is 0 Å². The average molecular weight is 542 g/mol. The van der Waals surface area contributed by atoms with Crippen LogP contribution in [-0.2, 0) is 9.53 Å². The number of nitrogens with zero attached hydrogens (tertiary/aromatic N) is 2. The minimum Gasteiger partial charge on any atom is -0.395 e. The molecule has 0 bridgehead atoms. The number of morpholine rings is 1. The van der Waals surface area contributed by atoms with Crippen LogP contribution in [0.5, 0.6) is 0 Å². The Morgan fingerprint density at radius 1 is 1.22 bits per heavy atom. The summed E-state index contributed by atoms with van der Waals surface area (Å²) >= 11 is 0.929. The van der Waals surface area contributed by atoms with Crippen LogP contribution in [0.3, 0.4) is 0 Å². The second kappa shape index (κ2) is 11.0. The number of hydrogen-bond acceptors (Lipinski definition) is 7. The topological polar surface area (TPSA) is 130 Å². The molecule has 2 heterocycles. The van der Waals surface area contributed by atoms with Gasteiger partial charge in [-0.05, 0) is 42.0 Å². The Bertz CT molecular complexity index is 1270. The molecule has 1 aliphatic heterocycles. The SMILES string of the molecule is N[C@@H](CO)[C@H]1COCCN1C(=O)[C@@H](c1ccc2nc(NC(=O)Nc3ccc(F)cc3)sc2c1)C(F)(F)F. The monoisotopic (exact) mass is 541 g/mol. The molecule has 1 aromatic heterocycles. The van der Waals surface area contributed by atoms with Gasteiger partial charge in [-0.3, -0.25) is 10.1 Å². The number of nitrogens with one attached hydrogen (secondary N) is 2. The summed E-state index contributed by atoms with van der Waals surface area (Å²) in [6, 6.07) is 6.25. The van der Waals surface area contributed by atoms with E-state index in [4.69, 9.17) is 10.5 Å². The van der Waals surface area contributed by atoms with E-state index in [2.05, 4.69) is 15.6 Å². The summed E-state index contributed by atoms with van der Waals surface area (Å²) in [6.45, 7) is -0.648. The number of thiazole rings is 1. The van der Waals surface area contributed by atoms with Crippen LogP contribution in [0, 0.1) is 5.82 Å². The number of aliphatic hydroxyl groups is 1. The lowest BCUT2D eigenvalue weighted by Crippen LogP contribution is -2.59. The fourth-order valence-corrected chi connectivity index (χ4v) is 4.89. The van der Waals surface area contributed by atoms with Gasteiger partial charge in [0.1, 0.15) is 5.82 Å². The molecule has 0 unspecified atom stereocenters. The van der Waals surface area contributed by atoms with Crippen molar-refractivity contribution >= 4 is 44.3 Å². The fraction of sp³-hybridized carbons (Fsp3) is 0.348. The fourth-order valence-electron chi connectivity index (χ4n) is 3.98. The van der Waals surface area contributed by atoms with Crippen LogP contribution in [0.4, 0.5) is 33.2 Å². The van der Waals surface area contributed by atoms with E-state index in [0.29, 0.717) is 15.9 Å². The molecule has 1 fully saturated rings. The quantitative estimate of drug-likeness (QED) is 0.355. The minimum atomic E-state index is -4.91. The Kier molecular flexibility index (Phi) is 7.92. The molecule has 1 aliphatic rings. The van der Waals surface area contributed by atoms with Crippen LogP contribution in [0.1, 0.15) is 11.5 Å². The van der Waals surface area contributed by atoms with E-state index in [1.165, 1.54) is 42.5 Å². The number of nitrogens with two attached hydrogens (primary N) is 1. The number of fused-ring (bicyclic) bond motifs is 1. The summed E-state index contributed by atoms with van der Waals surface area (Å²) in [5.74, 6) is -4.13. The Labute approximate surface area is 212 Å². The van der Waals surface area contributed by atoms with E-state index in [1.54, 1.807) is 0 Å². The number of hydrogen-bond donors (Lipinski definition) is 4. The number of benzene rings is 2. The van der Waals surface area contributed by atoms with Gasteiger partial charge in [0.2, 0.25) is 5.91 Å². The van der Waals surface area contributed by atoms with E-state index in [0.717, 1.165) is 16.2 Å². The van der Waals surface area contributed by atoms with Gasteiger partial charge in [0.05, 0.1) is 42.1 Å². The summed E-state index contributed by atoms with van der Waals surface area (Å²) in [7, 11) is 0. The van der Waals surface area contributed by atoms with Crippen LogP contribution in [-0.4, -0.2) is 71.6 Å². The third-order valence-electron chi connectivity index (χ3n) is 5.80. The molecule has 0 saturated carbocycles. The van der Waals surface area contributed by atoms with Crippen molar-refractivity contribution in [1.29, 1.82) is 0 Å². The highest BCUT2D eigenvalue weighted by atomic mass is 32.1. The van der Waals surface area contributed by atoms with Crippen molar-refractivity contribution in [2.24, 2.45) is 5.73 Å². The molecule has 1 saturated heterocycles. The Morgan fingerprint density at radius 3 is 2.62 bits per heavy atom. The first-order valence-corrected chi connectivity index (χ1v) is 11.9. The Hall–Kier alpha value is -3.33. The van der Waals surface area contributed by atoms with Crippen molar-refractivity contribution in [1.82, 2.24) is 9.88 Å². The maximum absolute atomic E-state index is 14.2. The van der Waals surface area contributed by atoms with Crippen LogP contribution in [0.25, 0.3) is 10.2 Å². The normalized spacial score (nSPS) is 17.9. The van der Waals surface area contributed by atoms with Gasteiger partial charge in [0.15, 0.2) is 11.0 Å². The second-order valence-corrected chi connectivity index (χ2v) is 9.36. The van der Waals surface area contributed by atoms with Crippen LogP contribution < -0.4 is 16.4 Å². The summed E-state index contributed by atoms with van der Waals surface area (Å²) in [5, 5.41) is 14.5. The molecule has 2 aromatic carbocycles. The number of urea groups is 1. The molecule has 198 valence electrons. The predicted molar refractivity (Wildman–Crippen MR) is 129 cm³/mol. The first kappa shape index (κ1) is 26.7. The number of anilines is 2. The van der Waals surface area contributed by atoms with E-state index in [-0.39, 0.29) is 30.5 Å². The number of amides is 3. The number of carbonyl (C=O) groups is 2. The first-order chi connectivity index (χ1) is 17.6. The first-order valence-electron chi connectivity index (χ1n) is 11.1. The molecule has 3 amide bonds. The molecule has 14 heteroatoms. The number of aliphatic hydroxyl groups excluding tert-OH is 1. The van der Waals surface area contributed by atoms with Crippen molar-refractivity contribution in [3.8, 4) is 0 Å². The van der Waals surface area contributed by atoms with Gasteiger partial charge < -0.3 is 25.8 Å². The number of halogens is 4. The van der Waals surface area contributed by atoms with Crippen molar-refractivity contribution in [3.05, 3.63) is 53.8 Å². The van der Waals surface area contributed by atoms with Gasteiger partial charge in [0.25, 0.3) is 0 Å². The highest BCUT2D eigenvalue weighted by Crippen LogP contribution is 2.39. The number of carbonyl (C=O) groups excluding carboxylic acids is 2. The summed E-state index contributed by atoms with van der Waals surface area (Å²) < 4.78 is 61.1. The van der Waals surface area contributed by atoms with Crippen LogP contribution in [0.2, 0.25) is 0 Å². The van der Waals surface area contributed by atoms with E-state index < -0.39 is 48.5 Å². The van der Waals surface area contributed by atoms with Gasteiger partial charge in [-0.1, -0.05) is 17.4 Å². The molecule has 0 spiro atoms. The lowest BCUT2D eigenvalue weighted by atomic mass is 9.95. The molecule has 3 atom stereocenters. The molecular formula is C23H23F4N5O4S. The zero-order chi connectivity index (χ0) is 26.7. The summed E-state index contributed by atoms with van der Waals surface area (Å²) in [6.07, 6.45) is -4.91. The van der Waals surface area contributed by atoms with Gasteiger partial charge >= 0.3 is 12.2 Å². The number of aromatic nitrogens is 1. The molecule has 0 radical (unpaired) electrons. The average Bonchev–Trinajstić information content (AvgIpc) is 3.25. The highest BCUT2D eigenvalue weighted by molar-refractivity contribution is 7.22. The van der Waals surface area contributed by atoms with Gasteiger partial charge in [-0.15, -0.1) is 0 Å². The zero-order valence-electron chi connectivity index (χ0n) is 19.2. The summed E-state index contributed by atoms with van der Waals surface area (Å²) in [5.41, 5.74) is 6.19. The van der Waals surface area contributed by atoms with Crippen molar-refractivity contribution in [3.63, 3.8) is 0 Å². The zero-order valence-corrected chi connectivity index (χ0v) is 20.0. The van der Waals surface area contributed by atoms with Crippen LogP contribution in [0.15, 0.2) is 42.5 Å². The Balaban J connectivity index is 1.56. The van der Waals surface area contributed by atoms with Gasteiger partial charge in [0, 0.05) is 12.2 Å². The largest absolute Gasteiger partial charge is 0.404 e. The molecule has 5 N–H and O–H groups in total. The predicted octanol–water partition coefficient (Wildman–Crippen LogP) is 3.27. The number of ether oxygens (including phenoxy) is 1. The molecular weight excluding hydrogens is 518 g/mol. The van der Waals surface area contributed by atoms with E-state index in [1.807, 2.05) is 0 Å². The van der Waals surface area contributed by atoms with Gasteiger partial charge in [-0.2, -0.15) is 13.2 Å². The number of alkyl halides is 3. The maximum Gasteiger partial charge on any atom is 0.404 e. The maximum atomic E-state index is 14.2. The van der Waals surface area contributed by atoms with Crippen molar-refractivity contribution < 1.29 is 37.0 Å². The van der Waals surface area contributed by atoms with Gasteiger partial charge in [-0.25, -0.2) is 14.2 Å². The third kappa shape index (κ3) is 6.15. The Morgan fingerprint density at radius 2 is 1.95 bits per heavy atom. The van der Waals surface area contributed by atoms with Crippen molar-refractivity contribution in [2.45, 2.75) is 24.2 Å². The van der Waals surface area contributed by atoms with E-state index in [9.17, 15) is 32.3 Å². The molecule has 0 aliphatic carbocycles. The lowest BCUT2D eigenvalue weighted by Gasteiger charge is -2.40. The molecule has 37 heavy (non-hydrogen) atoms. The standard InChI is InChI=1S/C23H23F4N5O4S/c24-13-2-4-14(5-3-13)29-21(35)31-22-30-16-6-1-12(9-18(16)37-22)19(23(25,26)27)20(34)32-7-8-36-11-17(32)15(28)10-33/h1-6,9,15,17,19,33H,7-8,10-11,28H2,(H2,29,30,31,35)/t15-,17+,19+/m0/s1. The molecule has 3 aromatic rings. The second-order valence-electron chi connectivity index (χ2n) is 8.33. The molecule has 4 rings (SSSR count). The summed E-state index contributed by atoms with van der Waals surface area (Å²) in [4.78, 5) is 30.6. The smallest absolute Gasteiger partial charge is 0.395 e. The third-order valence-corrected chi connectivity index (χ3v) is 6.73. The lowest BCUT2D eigenvalue weighted by molar-refractivity contribution is -0.177. The molecule has 9 nitrogen and oxygen atoms in total. The highest BCUT2D eigenvalue weighted by Gasteiger charge is 2.49. The number of rotatable bonds is 6.